The van der Waals surface area contributed by atoms with Gasteiger partial charge in [0.15, 0.2) is 0 Å². The average Bonchev–Trinajstić information content (AvgIpc) is 2.44. The Balaban J connectivity index is 2.14. The summed E-state index contributed by atoms with van der Waals surface area (Å²) >= 11 is 6.04. The first-order valence-corrected chi connectivity index (χ1v) is 7.25. The van der Waals surface area contributed by atoms with Crippen LogP contribution in [0, 0.1) is 5.82 Å². The Bertz CT molecular complexity index is 570. The summed E-state index contributed by atoms with van der Waals surface area (Å²) in [5, 5.41) is 4.27. The van der Waals surface area contributed by atoms with E-state index in [2.05, 4.69) is 18.3 Å². The highest BCUT2D eigenvalue weighted by Gasteiger charge is 2.14. The summed E-state index contributed by atoms with van der Waals surface area (Å²) < 4.78 is 13.3. The van der Waals surface area contributed by atoms with Crippen LogP contribution < -0.4 is 5.32 Å². The number of hydrogen-bond acceptors (Lipinski definition) is 1. The van der Waals surface area contributed by atoms with Gasteiger partial charge in [0.1, 0.15) is 5.82 Å². The fourth-order valence-electron chi connectivity index (χ4n) is 2.35. The summed E-state index contributed by atoms with van der Waals surface area (Å²) in [6.07, 6.45) is 0.944. The highest BCUT2D eigenvalue weighted by molar-refractivity contribution is 6.30. The first kappa shape index (κ1) is 15.0. The van der Waals surface area contributed by atoms with Gasteiger partial charge in [-0.25, -0.2) is 4.39 Å². The lowest BCUT2D eigenvalue weighted by molar-refractivity contribution is 0.455. The smallest absolute Gasteiger partial charge is 0.123 e. The van der Waals surface area contributed by atoms with Crippen LogP contribution in [0.5, 0.6) is 0 Å². The third kappa shape index (κ3) is 3.81. The van der Waals surface area contributed by atoms with Gasteiger partial charge in [-0.05, 0) is 48.7 Å². The molecular weight excluding hydrogens is 273 g/mol. The molecule has 0 saturated heterocycles. The van der Waals surface area contributed by atoms with Crippen LogP contribution in [-0.4, -0.2) is 0 Å². The second kappa shape index (κ2) is 6.87. The molecule has 0 aliphatic rings. The molecular formula is C17H19ClFN. The van der Waals surface area contributed by atoms with E-state index in [4.69, 9.17) is 11.6 Å². The zero-order valence-electron chi connectivity index (χ0n) is 11.7. The van der Waals surface area contributed by atoms with Crippen LogP contribution in [0.4, 0.5) is 4.39 Å². The predicted octanol–water partition coefficient (Wildman–Crippen LogP) is 5.28. The Hall–Kier alpha value is -1.38. The molecule has 2 aromatic carbocycles. The van der Waals surface area contributed by atoms with E-state index >= 15 is 0 Å². The quantitative estimate of drug-likeness (QED) is 0.790. The molecule has 2 unspecified atom stereocenters. The van der Waals surface area contributed by atoms with Crippen molar-refractivity contribution in [2.24, 2.45) is 0 Å². The molecule has 0 aliphatic carbocycles. The SMILES string of the molecule is CCC(NC(C)c1cccc(F)c1)c1cccc(Cl)c1. The monoisotopic (exact) mass is 291 g/mol. The molecule has 1 nitrogen and oxygen atoms in total. The third-order valence-electron chi connectivity index (χ3n) is 3.46. The second-order valence-electron chi connectivity index (χ2n) is 4.96. The number of hydrogen-bond donors (Lipinski definition) is 1. The van der Waals surface area contributed by atoms with Gasteiger partial charge in [-0.3, -0.25) is 0 Å². The minimum atomic E-state index is -0.202. The van der Waals surface area contributed by atoms with Crippen LogP contribution in [0.3, 0.4) is 0 Å². The highest BCUT2D eigenvalue weighted by Crippen LogP contribution is 2.24. The Kier molecular flexibility index (Phi) is 5.16. The van der Waals surface area contributed by atoms with Crippen LogP contribution >= 0.6 is 11.6 Å². The minimum Gasteiger partial charge on any atom is -0.303 e. The molecule has 0 amide bonds. The number of nitrogens with one attached hydrogen (secondary N) is 1. The summed E-state index contributed by atoms with van der Waals surface area (Å²) in [5.74, 6) is -0.202. The summed E-state index contributed by atoms with van der Waals surface area (Å²) in [5.41, 5.74) is 2.11. The summed E-state index contributed by atoms with van der Waals surface area (Å²) in [4.78, 5) is 0. The van der Waals surface area contributed by atoms with E-state index in [0.717, 1.165) is 22.6 Å². The minimum absolute atomic E-state index is 0.0784. The molecule has 0 saturated carbocycles. The van der Waals surface area contributed by atoms with Crippen LogP contribution in [0.25, 0.3) is 0 Å². The maximum atomic E-state index is 13.3. The van der Waals surface area contributed by atoms with E-state index in [0.29, 0.717) is 0 Å². The average molecular weight is 292 g/mol. The second-order valence-corrected chi connectivity index (χ2v) is 5.40. The van der Waals surface area contributed by atoms with Crippen molar-refractivity contribution < 1.29 is 4.39 Å². The van der Waals surface area contributed by atoms with Crippen molar-refractivity contribution in [1.29, 1.82) is 0 Å². The summed E-state index contributed by atoms with van der Waals surface area (Å²) in [6, 6.07) is 14.8. The molecule has 106 valence electrons. The molecule has 20 heavy (non-hydrogen) atoms. The van der Waals surface area contributed by atoms with Crippen molar-refractivity contribution in [1.82, 2.24) is 5.32 Å². The Morgan fingerprint density at radius 2 is 1.80 bits per heavy atom. The van der Waals surface area contributed by atoms with Gasteiger partial charge < -0.3 is 5.32 Å². The third-order valence-corrected chi connectivity index (χ3v) is 3.69. The van der Waals surface area contributed by atoms with Gasteiger partial charge in [-0.2, -0.15) is 0 Å². The van der Waals surface area contributed by atoms with Gasteiger partial charge in [-0.1, -0.05) is 42.8 Å². The van der Waals surface area contributed by atoms with E-state index in [9.17, 15) is 4.39 Å². The van der Waals surface area contributed by atoms with Gasteiger partial charge in [-0.15, -0.1) is 0 Å². The fourth-order valence-corrected chi connectivity index (χ4v) is 2.55. The molecule has 0 spiro atoms. The topological polar surface area (TPSA) is 12.0 Å². The standard InChI is InChI=1S/C17H19ClFN/c1-3-17(14-7-4-8-15(18)10-14)20-12(2)13-6-5-9-16(19)11-13/h4-12,17,20H,3H2,1-2H3. The van der Waals surface area contributed by atoms with E-state index < -0.39 is 0 Å². The first-order chi connectivity index (χ1) is 9.60. The van der Waals surface area contributed by atoms with E-state index in [1.807, 2.05) is 31.2 Å². The molecule has 0 aliphatic heterocycles. The zero-order chi connectivity index (χ0) is 14.5. The van der Waals surface area contributed by atoms with Crippen molar-refractivity contribution >= 4 is 11.6 Å². The van der Waals surface area contributed by atoms with Crippen molar-refractivity contribution in [3.05, 3.63) is 70.5 Å². The van der Waals surface area contributed by atoms with Gasteiger partial charge >= 0.3 is 0 Å². The largest absolute Gasteiger partial charge is 0.303 e. The maximum absolute atomic E-state index is 13.3. The molecule has 2 aromatic rings. The van der Waals surface area contributed by atoms with Gasteiger partial charge in [0.25, 0.3) is 0 Å². The van der Waals surface area contributed by atoms with Crippen LogP contribution in [0.2, 0.25) is 5.02 Å². The van der Waals surface area contributed by atoms with Crippen LogP contribution in [-0.2, 0) is 0 Å². The lowest BCUT2D eigenvalue weighted by Gasteiger charge is -2.23. The van der Waals surface area contributed by atoms with Gasteiger partial charge in [0.05, 0.1) is 0 Å². The lowest BCUT2D eigenvalue weighted by atomic mass is 10.0. The molecule has 0 heterocycles. The molecule has 0 radical (unpaired) electrons. The summed E-state index contributed by atoms with van der Waals surface area (Å²) in [6.45, 7) is 4.17. The predicted molar refractivity (Wildman–Crippen MR) is 82.4 cm³/mol. The Morgan fingerprint density at radius 1 is 1.10 bits per heavy atom. The normalized spacial score (nSPS) is 14.0. The number of halogens is 2. The van der Waals surface area contributed by atoms with Gasteiger partial charge in [0.2, 0.25) is 0 Å². The fraction of sp³-hybridized carbons (Fsp3) is 0.294. The molecule has 2 atom stereocenters. The molecule has 0 bridgehead atoms. The first-order valence-electron chi connectivity index (χ1n) is 6.87. The molecule has 1 N–H and O–H groups in total. The Morgan fingerprint density at radius 3 is 2.45 bits per heavy atom. The summed E-state index contributed by atoms with van der Waals surface area (Å²) in [7, 11) is 0. The highest BCUT2D eigenvalue weighted by atomic mass is 35.5. The maximum Gasteiger partial charge on any atom is 0.123 e. The molecule has 0 aromatic heterocycles. The number of benzene rings is 2. The van der Waals surface area contributed by atoms with Crippen LogP contribution in [0.1, 0.15) is 43.5 Å². The lowest BCUT2D eigenvalue weighted by Crippen LogP contribution is -2.24. The molecule has 0 fully saturated rings. The molecule has 2 rings (SSSR count). The van der Waals surface area contributed by atoms with Crippen LogP contribution in [0.15, 0.2) is 48.5 Å². The zero-order valence-corrected chi connectivity index (χ0v) is 12.5. The van der Waals surface area contributed by atoms with Crippen molar-refractivity contribution in [3.63, 3.8) is 0 Å². The Labute approximate surface area is 124 Å². The van der Waals surface area contributed by atoms with Gasteiger partial charge in [0, 0.05) is 17.1 Å². The number of rotatable bonds is 5. The van der Waals surface area contributed by atoms with Crippen molar-refractivity contribution in [2.75, 3.05) is 0 Å². The van der Waals surface area contributed by atoms with Crippen molar-refractivity contribution in [2.45, 2.75) is 32.4 Å². The van der Waals surface area contributed by atoms with E-state index in [1.54, 1.807) is 12.1 Å². The molecule has 3 heteroatoms. The van der Waals surface area contributed by atoms with E-state index in [-0.39, 0.29) is 17.9 Å². The van der Waals surface area contributed by atoms with Crippen molar-refractivity contribution in [3.8, 4) is 0 Å². The van der Waals surface area contributed by atoms with E-state index in [1.165, 1.54) is 6.07 Å².